The molecule has 0 bridgehead atoms. The summed E-state index contributed by atoms with van der Waals surface area (Å²) in [5.41, 5.74) is 1.14. The van der Waals surface area contributed by atoms with Crippen LogP contribution in [0.2, 0.25) is 5.02 Å². The van der Waals surface area contributed by atoms with Gasteiger partial charge in [-0.05, 0) is 38.1 Å². The fourth-order valence-corrected chi connectivity index (χ4v) is 6.24. The number of carbonyl (C=O) groups excluding carboxylic acids is 1. The van der Waals surface area contributed by atoms with Crippen molar-refractivity contribution in [2.45, 2.75) is 31.8 Å². The lowest BCUT2D eigenvalue weighted by Gasteiger charge is -2.35. The molecule has 11 heteroatoms. The van der Waals surface area contributed by atoms with Crippen molar-refractivity contribution in [3.63, 3.8) is 0 Å². The van der Waals surface area contributed by atoms with Crippen LogP contribution in [0.15, 0.2) is 35.5 Å². The molecule has 3 heterocycles. The van der Waals surface area contributed by atoms with Gasteiger partial charge in [0.05, 0.1) is 5.56 Å². The highest BCUT2D eigenvalue weighted by Gasteiger charge is 2.36. The van der Waals surface area contributed by atoms with Gasteiger partial charge in [0.25, 0.3) is 15.9 Å². The normalized spacial score (nSPS) is 18.4. The Labute approximate surface area is 206 Å². The second kappa shape index (κ2) is 10.6. The lowest BCUT2D eigenvalue weighted by Crippen LogP contribution is -2.50. The number of sulfonamides is 1. The van der Waals surface area contributed by atoms with E-state index >= 15 is 0 Å². The summed E-state index contributed by atoms with van der Waals surface area (Å²) in [6, 6.07) is 7.55. The van der Waals surface area contributed by atoms with Crippen molar-refractivity contribution < 1.29 is 13.2 Å². The molecule has 2 aliphatic rings. The van der Waals surface area contributed by atoms with Crippen molar-refractivity contribution >= 4 is 33.2 Å². The quantitative estimate of drug-likeness (QED) is 0.570. The van der Waals surface area contributed by atoms with Crippen LogP contribution in [0.4, 0.5) is 5.69 Å². The van der Waals surface area contributed by atoms with E-state index < -0.39 is 10.0 Å². The zero-order valence-corrected chi connectivity index (χ0v) is 21.4. The molecule has 34 heavy (non-hydrogen) atoms. The Bertz CT molecular complexity index is 1110. The van der Waals surface area contributed by atoms with Crippen molar-refractivity contribution in [2.24, 2.45) is 0 Å². The van der Waals surface area contributed by atoms with Crippen LogP contribution in [-0.2, 0) is 16.6 Å². The van der Waals surface area contributed by atoms with E-state index in [1.807, 2.05) is 31.2 Å². The lowest BCUT2D eigenvalue weighted by molar-refractivity contribution is 0.0633. The summed E-state index contributed by atoms with van der Waals surface area (Å²) in [6.45, 7) is 10.0. The third kappa shape index (κ3) is 5.25. The monoisotopic (exact) mass is 508 g/mol. The summed E-state index contributed by atoms with van der Waals surface area (Å²) in [6.07, 6.45) is 2.65. The Morgan fingerprint density at radius 1 is 1.03 bits per heavy atom. The topological polar surface area (TPSA) is 82.0 Å². The molecule has 1 aromatic heterocycles. The molecule has 0 saturated carbocycles. The molecule has 0 atom stereocenters. The van der Waals surface area contributed by atoms with E-state index in [-0.39, 0.29) is 16.5 Å². The molecular weight excluding hydrogens is 476 g/mol. The van der Waals surface area contributed by atoms with Gasteiger partial charge in [-0.25, -0.2) is 8.42 Å². The van der Waals surface area contributed by atoms with Crippen molar-refractivity contribution in [1.82, 2.24) is 23.9 Å². The molecule has 4 rings (SSSR count). The van der Waals surface area contributed by atoms with Gasteiger partial charge in [0.15, 0.2) is 0 Å². The van der Waals surface area contributed by atoms with Crippen LogP contribution in [0, 0.1) is 0 Å². The van der Waals surface area contributed by atoms with Crippen LogP contribution < -0.4 is 4.90 Å². The number of aromatic nitrogens is 2. The Morgan fingerprint density at radius 2 is 1.74 bits per heavy atom. The van der Waals surface area contributed by atoms with Crippen molar-refractivity contribution in [2.75, 3.05) is 63.8 Å². The predicted molar refractivity (Wildman–Crippen MR) is 133 cm³/mol. The number of piperazine rings is 2. The highest BCUT2D eigenvalue weighted by molar-refractivity contribution is 7.89. The van der Waals surface area contributed by atoms with Gasteiger partial charge < -0.3 is 9.80 Å². The molecule has 0 spiro atoms. The smallest absolute Gasteiger partial charge is 0.263 e. The minimum absolute atomic E-state index is 0.133. The van der Waals surface area contributed by atoms with Crippen molar-refractivity contribution in [1.29, 1.82) is 0 Å². The van der Waals surface area contributed by atoms with E-state index in [1.165, 1.54) is 8.99 Å². The minimum Gasteiger partial charge on any atom is -0.369 e. The molecule has 0 N–H and O–H groups in total. The largest absolute Gasteiger partial charge is 0.369 e. The SMILES string of the molecule is CCCN1CCN(C(=O)c2cn(CC)nc2S(=O)(=O)N2CCN(c3cccc(Cl)c3)CC2)CC1. The molecule has 186 valence electrons. The molecule has 0 radical (unpaired) electrons. The second-order valence-electron chi connectivity index (χ2n) is 8.71. The first kappa shape index (κ1) is 25.0. The summed E-state index contributed by atoms with van der Waals surface area (Å²) in [5.74, 6) is -0.257. The second-order valence-corrected chi connectivity index (χ2v) is 11.0. The fraction of sp³-hybridized carbons (Fsp3) is 0.565. The number of nitrogens with zero attached hydrogens (tertiary/aromatic N) is 6. The maximum absolute atomic E-state index is 13.6. The number of hydrogen-bond acceptors (Lipinski definition) is 6. The summed E-state index contributed by atoms with van der Waals surface area (Å²) < 4.78 is 30.2. The summed E-state index contributed by atoms with van der Waals surface area (Å²) in [7, 11) is -3.91. The molecule has 0 aliphatic carbocycles. The number of amides is 1. The van der Waals surface area contributed by atoms with Crippen LogP contribution in [0.5, 0.6) is 0 Å². The van der Waals surface area contributed by atoms with Gasteiger partial charge in [0, 0.05) is 75.8 Å². The molecule has 2 saturated heterocycles. The van der Waals surface area contributed by atoms with Gasteiger partial charge in [0.2, 0.25) is 5.03 Å². The molecule has 9 nitrogen and oxygen atoms in total. The van der Waals surface area contributed by atoms with Crippen LogP contribution in [0.1, 0.15) is 30.6 Å². The van der Waals surface area contributed by atoms with Gasteiger partial charge in [0.1, 0.15) is 0 Å². The number of anilines is 1. The fourth-order valence-electron chi connectivity index (χ4n) is 4.55. The van der Waals surface area contributed by atoms with Crippen LogP contribution in [-0.4, -0.2) is 97.1 Å². The zero-order chi connectivity index (χ0) is 24.3. The highest BCUT2D eigenvalue weighted by atomic mass is 35.5. The van der Waals surface area contributed by atoms with Crippen LogP contribution in [0.25, 0.3) is 0 Å². The molecule has 1 aromatic carbocycles. The molecule has 1 amide bonds. The van der Waals surface area contributed by atoms with Gasteiger partial charge in [-0.1, -0.05) is 24.6 Å². The summed E-state index contributed by atoms with van der Waals surface area (Å²) >= 11 is 6.11. The number of carbonyl (C=O) groups is 1. The summed E-state index contributed by atoms with van der Waals surface area (Å²) in [4.78, 5) is 19.6. The molecule has 2 aromatic rings. The Morgan fingerprint density at radius 3 is 2.35 bits per heavy atom. The molecular formula is C23H33ClN6O3S. The van der Waals surface area contributed by atoms with E-state index in [0.29, 0.717) is 50.8 Å². The maximum Gasteiger partial charge on any atom is 0.263 e. The average molecular weight is 509 g/mol. The van der Waals surface area contributed by atoms with E-state index in [1.54, 1.807) is 11.1 Å². The van der Waals surface area contributed by atoms with E-state index in [0.717, 1.165) is 31.7 Å². The number of benzene rings is 1. The molecule has 0 unspecified atom stereocenters. The predicted octanol–water partition coefficient (Wildman–Crippen LogP) is 2.24. The first-order valence-corrected chi connectivity index (χ1v) is 13.7. The summed E-state index contributed by atoms with van der Waals surface area (Å²) in [5, 5.41) is 4.84. The Kier molecular flexibility index (Phi) is 7.81. The molecule has 2 aliphatic heterocycles. The van der Waals surface area contributed by atoms with E-state index in [2.05, 4.69) is 21.8 Å². The van der Waals surface area contributed by atoms with Gasteiger partial charge in [-0.15, -0.1) is 0 Å². The minimum atomic E-state index is -3.91. The van der Waals surface area contributed by atoms with Gasteiger partial charge in [-0.3, -0.25) is 14.4 Å². The number of halogens is 1. The van der Waals surface area contributed by atoms with Crippen molar-refractivity contribution in [3.8, 4) is 0 Å². The average Bonchev–Trinajstić information content (AvgIpc) is 3.30. The Hall–Kier alpha value is -2.14. The van der Waals surface area contributed by atoms with Gasteiger partial charge in [-0.2, -0.15) is 9.40 Å². The van der Waals surface area contributed by atoms with Crippen molar-refractivity contribution in [3.05, 3.63) is 41.0 Å². The van der Waals surface area contributed by atoms with Gasteiger partial charge >= 0.3 is 0 Å². The van der Waals surface area contributed by atoms with Crippen LogP contribution in [0.3, 0.4) is 0 Å². The maximum atomic E-state index is 13.6. The van der Waals surface area contributed by atoms with Crippen LogP contribution >= 0.6 is 11.6 Å². The lowest BCUT2D eigenvalue weighted by atomic mass is 10.2. The zero-order valence-electron chi connectivity index (χ0n) is 19.9. The number of hydrogen-bond donors (Lipinski definition) is 0. The number of rotatable bonds is 7. The standard InChI is InChI=1S/C23H33ClN6O3S/c1-3-8-26-9-11-28(12-10-26)23(31)21-18-29(4-2)25-22(21)34(32,33)30-15-13-27(14-16-30)20-7-5-6-19(24)17-20/h5-7,17-18H,3-4,8-16H2,1-2H3. The molecule has 2 fully saturated rings. The number of aryl methyl sites for hydroxylation is 1. The highest BCUT2D eigenvalue weighted by Crippen LogP contribution is 2.25. The third-order valence-electron chi connectivity index (χ3n) is 6.48. The third-order valence-corrected chi connectivity index (χ3v) is 8.55. The van der Waals surface area contributed by atoms with E-state index in [9.17, 15) is 13.2 Å². The van der Waals surface area contributed by atoms with E-state index in [4.69, 9.17) is 11.6 Å². The first-order valence-electron chi connectivity index (χ1n) is 11.9. The first-order chi connectivity index (χ1) is 16.3. The Balaban J connectivity index is 1.50.